The van der Waals surface area contributed by atoms with E-state index in [1.54, 1.807) is 11.8 Å². The number of nitrogens with zero attached hydrogens (tertiary/aromatic N) is 3. The SMILES string of the molecule is Cc1cc(C(=O)O)nc(N2CC(O)C2)n1. The molecule has 1 aliphatic heterocycles. The number of aromatic carboxylic acids is 1. The van der Waals surface area contributed by atoms with Crippen LogP contribution in [-0.4, -0.2) is 45.3 Å². The highest BCUT2D eigenvalue weighted by atomic mass is 16.4. The minimum Gasteiger partial charge on any atom is -0.477 e. The highest BCUT2D eigenvalue weighted by Crippen LogP contribution is 2.17. The Bertz CT molecular complexity index is 402. The minimum absolute atomic E-state index is 0.0149. The number of rotatable bonds is 2. The number of carboxylic acid groups (broad SMARTS) is 1. The van der Waals surface area contributed by atoms with E-state index < -0.39 is 5.97 Å². The lowest BCUT2D eigenvalue weighted by Crippen LogP contribution is -2.51. The number of aryl methyl sites for hydroxylation is 1. The molecule has 0 radical (unpaired) electrons. The van der Waals surface area contributed by atoms with Gasteiger partial charge in [-0.05, 0) is 13.0 Å². The van der Waals surface area contributed by atoms with Crippen molar-refractivity contribution in [1.29, 1.82) is 0 Å². The van der Waals surface area contributed by atoms with Crippen LogP contribution >= 0.6 is 0 Å². The van der Waals surface area contributed by atoms with E-state index in [9.17, 15) is 4.79 Å². The van der Waals surface area contributed by atoms with E-state index in [1.807, 2.05) is 0 Å². The fourth-order valence-corrected chi connectivity index (χ4v) is 1.42. The van der Waals surface area contributed by atoms with Gasteiger partial charge in [0.2, 0.25) is 5.95 Å². The van der Waals surface area contributed by atoms with Crippen LogP contribution in [0.15, 0.2) is 6.07 Å². The fourth-order valence-electron chi connectivity index (χ4n) is 1.42. The van der Waals surface area contributed by atoms with Gasteiger partial charge in [0, 0.05) is 18.8 Å². The summed E-state index contributed by atoms with van der Waals surface area (Å²) in [7, 11) is 0. The summed E-state index contributed by atoms with van der Waals surface area (Å²) in [6.45, 7) is 2.64. The van der Waals surface area contributed by atoms with Gasteiger partial charge in [0.25, 0.3) is 0 Å². The second-order valence-electron chi connectivity index (χ2n) is 3.56. The molecule has 0 aliphatic carbocycles. The molecule has 1 saturated heterocycles. The summed E-state index contributed by atoms with van der Waals surface area (Å²) in [5.41, 5.74) is 0.595. The Kier molecular flexibility index (Phi) is 2.28. The second kappa shape index (κ2) is 3.47. The molecule has 1 aromatic heterocycles. The van der Waals surface area contributed by atoms with E-state index in [0.717, 1.165) is 0 Å². The lowest BCUT2D eigenvalue weighted by molar-refractivity contribution is 0.0690. The van der Waals surface area contributed by atoms with Crippen molar-refractivity contribution in [1.82, 2.24) is 9.97 Å². The van der Waals surface area contributed by atoms with Crippen LogP contribution < -0.4 is 4.90 Å². The molecule has 6 heteroatoms. The summed E-state index contributed by atoms with van der Waals surface area (Å²) >= 11 is 0. The zero-order valence-corrected chi connectivity index (χ0v) is 8.21. The van der Waals surface area contributed by atoms with E-state index in [2.05, 4.69) is 9.97 Å². The highest BCUT2D eigenvalue weighted by molar-refractivity contribution is 5.85. The summed E-state index contributed by atoms with van der Waals surface area (Å²) in [5, 5.41) is 17.9. The van der Waals surface area contributed by atoms with Crippen LogP contribution in [0.5, 0.6) is 0 Å². The van der Waals surface area contributed by atoms with E-state index in [-0.39, 0.29) is 11.8 Å². The maximum absolute atomic E-state index is 10.7. The summed E-state index contributed by atoms with van der Waals surface area (Å²) < 4.78 is 0. The van der Waals surface area contributed by atoms with E-state index >= 15 is 0 Å². The Hall–Kier alpha value is -1.69. The molecular formula is C9H11N3O3. The van der Waals surface area contributed by atoms with Gasteiger partial charge in [-0.25, -0.2) is 14.8 Å². The Morgan fingerprint density at radius 1 is 1.53 bits per heavy atom. The van der Waals surface area contributed by atoms with E-state index in [1.165, 1.54) is 6.07 Å². The first kappa shape index (κ1) is 9.85. The Morgan fingerprint density at radius 3 is 2.73 bits per heavy atom. The van der Waals surface area contributed by atoms with Gasteiger partial charge in [-0.3, -0.25) is 0 Å². The van der Waals surface area contributed by atoms with Crippen molar-refractivity contribution in [2.75, 3.05) is 18.0 Å². The van der Waals surface area contributed by atoms with Crippen molar-refractivity contribution >= 4 is 11.9 Å². The minimum atomic E-state index is -1.07. The fraction of sp³-hybridized carbons (Fsp3) is 0.444. The van der Waals surface area contributed by atoms with Crippen LogP contribution in [-0.2, 0) is 0 Å². The van der Waals surface area contributed by atoms with Crippen molar-refractivity contribution in [2.24, 2.45) is 0 Å². The van der Waals surface area contributed by atoms with Gasteiger partial charge in [-0.2, -0.15) is 0 Å². The number of carbonyl (C=O) groups is 1. The van der Waals surface area contributed by atoms with Crippen LogP contribution in [0.2, 0.25) is 0 Å². The third-order valence-corrected chi connectivity index (χ3v) is 2.21. The molecule has 0 bridgehead atoms. The standard InChI is InChI=1S/C9H11N3O3/c1-5-2-7(8(14)15)11-9(10-5)12-3-6(13)4-12/h2,6,13H,3-4H2,1H3,(H,14,15). The van der Waals surface area contributed by atoms with Gasteiger partial charge in [0.15, 0.2) is 5.69 Å². The third-order valence-electron chi connectivity index (χ3n) is 2.21. The molecule has 2 heterocycles. The molecule has 0 spiro atoms. The molecule has 1 fully saturated rings. The lowest BCUT2D eigenvalue weighted by atomic mass is 10.2. The third kappa shape index (κ3) is 1.89. The molecule has 0 amide bonds. The molecule has 0 saturated carbocycles. The summed E-state index contributed by atoms with van der Waals surface area (Å²) in [5.74, 6) is -0.694. The van der Waals surface area contributed by atoms with Gasteiger partial charge in [-0.1, -0.05) is 0 Å². The molecule has 15 heavy (non-hydrogen) atoms. The maximum atomic E-state index is 10.7. The Balaban J connectivity index is 2.28. The number of aromatic nitrogens is 2. The molecule has 6 nitrogen and oxygen atoms in total. The first-order chi connectivity index (χ1) is 7.06. The molecule has 0 atom stereocenters. The van der Waals surface area contributed by atoms with E-state index in [4.69, 9.17) is 10.2 Å². The predicted octanol–water partition coefficient (Wildman–Crippen LogP) is -0.336. The second-order valence-corrected chi connectivity index (χ2v) is 3.56. The zero-order valence-electron chi connectivity index (χ0n) is 8.21. The number of hydrogen-bond donors (Lipinski definition) is 2. The van der Waals surface area contributed by atoms with Gasteiger partial charge in [0.05, 0.1) is 6.10 Å². The number of hydrogen-bond acceptors (Lipinski definition) is 5. The summed E-state index contributed by atoms with van der Waals surface area (Å²) in [6.07, 6.45) is -0.359. The normalized spacial score (nSPS) is 16.3. The Labute approximate surface area is 86.2 Å². The quantitative estimate of drug-likeness (QED) is 0.693. The van der Waals surface area contributed by atoms with Gasteiger partial charge in [0.1, 0.15) is 0 Å². The van der Waals surface area contributed by atoms with Crippen molar-refractivity contribution in [2.45, 2.75) is 13.0 Å². The van der Waals surface area contributed by atoms with Gasteiger partial charge >= 0.3 is 5.97 Å². The molecule has 80 valence electrons. The van der Waals surface area contributed by atoms with Crippen LogP contribution in [0.25, 0.3) is 0 Å². The lowest BCUT2D eigenvalue weighted by Gasteiger charge is -2.35. The number of β-amino-alcohol motifs (C(OH)–C–C–N with tert-alkyl or cyclic N) is 1. The van der Waals surface area contributed by atoms with Gasteiger partial charge < -0.3 is 15.1 Å². The Morgan fingerprint density at radius 2 is 2.20 bits per heavy atom. The topological polar surface area (TPSA) is 86.5 Å². The van der Waals surface area contributed by atoms with Gasteiger partial charge in [-0.15, -0.1) is 0 Å². The zero-order chi connectivity index (χ0) is 11.0. The number of aliphatic hydroxyl groups is 1. The van der Waals surface area contributed by atoms with Crippen LogP contribution in [0, 0.1) is 6.92 Å². The van der Waals surface area contributed by atoms with Crippen molar-refractivity contribution in [3.8, 4) is 0 Å². The molecule has 0 aromatic carbocycles. The highest BCUT2D eigenvalue weighted by Gasteiger charge is 2.27. The van der Waals surface area contributed by atoms with Crippen LogP contribution in [0.4, 0.5) is 5.95 Å². The average Bonchev–Trinajstić information content (AvgIpc) is 2.12. The first-order valence-corrected chi connectivity index (χ1v) is 4.58. The molecule has 1 aliphatic rings. The number of aliphatic hydroxyl groups excluding tert-OH is 1. The largest absolute Gasteiger partial charge is 0.477 e. The maximum Gasteiger partial charge on any atom is 0.354 e. The van der Waals surface area contributed by atoms with Crippen LogP contribution in [0.1, 0.15) is 16.2 Å². The van der Waals surface area contributed by atoms with E-state index in [0.29, 0.717) is 24.7 Å². The average molecular weight is 209 g/mol. The molecule has 2 N–H and O–H groups in total. The monoisotopic (exact) mass is 209 g/mol. The molecule has 0 unspecified atom stereocenters. The summed E-state index contributed by atoms with van der Waals surface area (Å²) in [6, 6.07) is 1.42. The van der Waals surface area contributed by atoms with Crippen molar-refractivity contribution in [3.63, 3.8) is 0 Å². The molecule has 1 aromatic rings. The van der Waals surface area contributed by atoms with Crippen LogP contribution in [0.3, 0.4) is 0 Å². The summed E-state index contributed by atoms with van der Waals surface area (Å²) in [4.78, 5) is 20.5. The number of carboxylic acids is 1. The number of anilines is 1. The first-order valence-electron chi connectivity index (χ1n) is 4.58. The van der Waals surface area contributed by atoms with Crippen molar-refractivity contribution < 1.29 is 15.0 Å². The van der Waals surface area contributed by atoms with Crippen molar-refractivity contribution in [3.05, 3.63) is 17.5 Å². The molecule has 2 rings (SSSR count). The smallest absolute Gasteiger partial charge is 0.354 e. The molecular weight excluding hydrogens is 198 g/mol. The predicted molar refractivity (Wildman–Crippen MR) is 51.9 cm³/mol.